The maximum Gasteiger partial charge on any atom is 0.343 e. The highest BCUT2D eigenvalue weighted by Crippen LogP contribution is 2.47. The van der Waals surface area contributed by atoms with Crippen molar-refractivity contribution in [2.24, 2.45) is 17.8 Å². The van der Waals surface area contributed by atoms with E-state index >= 15 is 0 Å². The van der Waals surface area contributed by atoms with Gasteiger partial charge >= 0.3 is 5.24 Å². The molecule has 0 radical (unpaired) electrons. The molecule has 3 aromatic carbocycles. The number of rotatable bonds is 4. The van der Waals surface area contributed by atoms with Gasteiger partial charge in [-0.1, -0.05) is 54.9 Å². The first kappa shape index (κ1) is 45.6. The molecule has 0 spiro atoms. The summed E-state index contributed by atoms with van der Waals surface area (Å²) in [5.74, 6) is -0.0395. The standard InChI is InChI=1S/C47H60ClN5O8S2/c1-33-10-9-20-47(60-3,32-50-22-23-51-24-25-53(30-40(51)29-50)46(55)62(56,57)41-12-5-4-6-13-41)42-18-15-37(42)28-52-21-8-7-11-35-26-39(48)17-14-38(35)31-61-44-19-16-36(27-43(44)52)45(54)49-63(58,59)34(33)2/h4-6,9,12-14,16-17,19-20,26-27,33-34,37,40,42H,7-8,10-11,15,18,21-25,28-32H2,1-3H3,(H,49,54)/b20-9+/t33-,34+,37-,40+,42+,47+/m0/s1. The van der Waals surface area contributed by atoms with Crippen LogP contribution in [0.1, 0.15) is 67.4 Å². The molecule has 3 fully saturated rings. The SMILES string of the molecule is CO[C@@]1(CN2CCN3CCN(C(=O)S(=O)(=O)c4ccccc4)C[C@H]3C2)/C=C/C[C@H](C)[C@@H](C)S(=O)(=O)NC(=O)c2ccc3c(c2)N(CCCCc2cc(Cl)ccc2CO3)C[C@@H]2CC[C@H]21. The van der Waals surface area contributed by atoms with Gasteiger partial charge in [0.15, 0.2) is 0 Å². The van der Waals surface area contributed by atoms with Crippen molar-refractivity contribution in [1.29, 1.82) is 0 Å². The molecule has 6 atom stereocenters. The molecule has 1 aliphatic carbocycles. The van der Waals surface area contributed by atoms with Crippen LogP contribution < -0.4 is 14.4 Å². The van der Waals surface area contributed by atoms with Crippen molar-refractivity contribution in [3.63, 3.8) is 0 Å². The fourth-order valence-electron chi connectivity index (χ4n) is 10.2. The van der Waals surface area contributed by atoms with E-state index in [4.69, 9.17) is 21.1 Å². The number of sulfonamides is 1. The van der Waals surface area contributed by atoms with Crippen LogP contribution in [0.15, 0.2) is 83.8 Å². The third-order valence-electron chi connectivity index (χ3n) is 14.3. The number of hydrogen-bond acceptors (Lipinski definition) is 11. The average molecular weight is 923 g/mol. The number of nitrogens with one attached hydrogen (secondary N) is 1. The molecule has 0 unspecified atom stereocenters. The minimum absolute atomic E-state index is 0.00215. The lowest BCUT2D eigenvalue weighted by molar-refractivity contribution is -0.101. The van der Waals surface area contributed by atoms with E-state index < -0.39 is 41.9 Å². The van der Waals surface area contributed by atoms with E-state index in [1.165, 1.54) is 17.0 Å². The number of hydrogen-bond donors (Lipinski definition) is 1. The van der Waals surface area contributed by atoms with E-state index in [9.17, 15) is 26.4 Å². The summed E-state index contributed by atoms with van der Waals surface area (Å²) in [6, 6.07) is 18.9. The number of methoxy groups -OCH3 is 1. The molecule has 1 saturated carbocycles. The Labute approximate surface area is 377 Å². The van der Waals surface area contributed by atoms with Crippen molar-refractivity contribution in [2.75, 3.05) is 70.9 Å². The normalized spacial score (nSPS) is 29.0. The molecule has 1 N–H and O–H groups in total. The summed E-state index contributed by atoms with van der Waals surface area (Å²) in [7, 11) is -6.46. The Kier molecular flexibility index (Phi) is 13.6. The van der Waals surface area contributed by atoms with Gasteiger partial charge in [0.2, 0.25) is 10.0 Å². The van der Waals surface area contributed by atoms with Gasteiger partial charge in [0, 0.05) is 82.6 Å². The summed E-state index contributed by atoms with van der Waals surface area (Å²) in [4.78, 5) is 35.8. The molecule has 2 amide bonds. The molecule has 63 heavy (non-hydrogen) atoms. The summed E-state index contributed by atoms with van der Waals surface area (Å²) < 4.78 is 69.8. The fraction of sp³-hybridized carbons (Fsp3) is 0.532. The molecule has 5 aliphatic rings. The number of ether oxygens (including phenoxy) is 2. The number of benzene rings is 3. The minimum atomic E-state index is -4.17. The fourth-order valence-corrected chi connectivity index (χ4v) is 12.9. The number of nitrogens with zero attached hydrogens (tertiary/aromatic N) is 4. The van der Waals surface area contributed by atoms with E-state index in [-0.39, 0.29) is 34.3 Å². The zero-order valence-electron chi connectivity index (χ0n) is 36.5. The molecule has 0 aromatic heterocycles. The highest BCUT2D eigenvalue weighted by molar-refractivity contribution is 8.06. The van der Waals surface area contributed by atoms with E-state index in [2.05, 4.69) is 31.6 Å². The Morgan fingerprint density at radius 3 is 2.49 bits per heavy atom. The first-order valence-corrected chi connectivity index (χ1v) is 25.7. The number of anilines is 1. The number of piperazine rings is 2. The molecule has 340 valence electrons. The summed E-state index contributed by atoms with van der Waals surface area (Å²) in [5.41, 5.74) is 2.46. The van der Waals surface area contributed by atoms with Gasteiger partial charge in [-0.05, 0) is 117 Å². The van der Waals surface area contributed by atoms with Gasteiger partial charge in [-0.25, -0.2) is 21.6 Å². The molecule has 4 aliphatic heterocycles. The first-order chi connectivity index (χ1) is 30.2. The maximum atomic E-state index is 13.7. The van der Waals surface area contributed by atoms with Gasteiger partial charge in [-0.15, -0.1) is 0 Å². The Morgan fingerprint density at radius 2 is 1.73 bits per heavy atom. The van der Waals surface area contributed by atoms with E-state index in [1.54, 1.807) is 50.4 Å². The van der Waals surface area contributed by atoms with E-state index in [0.29, 0.717) is 69.6 Å². The van der Waals surface area contributed by atoms with Gasteiger partial charge in [0.1, 0.15) is 18.0 Å². The Hall–Kier alpha value is -3.99. The zero-order valence-corrected chi connectivity index (χ0v) is 38.8. The number of allylic oxidation sites excluding steroid dienone is 1. The number of carbonyl (C=O) groups excluding carboxylic acids is 2. The average Bonchev–Trinajstić information content (AvgIpc) is 3.29. The number of fused-ring (bicyclic) bond motifs is 4. The van der Waals surface area contributed by atoms with Gasteiger partial charge in [0.05, 0.1) is 15.8 Å². The molecule has 8 rings (SSSR count). The van der Waals surface area contributed by atoms with Crippen LogP contribution in [0.2, 0.25) is 5.02 Å². The molecule has 3 aromatic rings. The van der Waals surface area contributed by atoms with Gasteiger partial charge in [0.25, 0.3) is 15.7 Å². The topological polar surface area (TPSA) is 146 Å². The van der Waals surface area contributed by atoms with Crippen molar-refractivity contribution < 1.29 is 35.9 Å². The van der Waals surface area contributed by atoms with Crippen LogP contribution in [-0.4, -0.2) is 126 Å². The largest absolute Gasteiger partial charge is 0.487 e. The molecule has 4 heterocycles. The van der Waals surface area contributed by atoms with Crippen LogP contribution in [0.25, 0.3) is 0 Å². The lowest BCUT2D eigenvalue weighted by atomic mass is 9.63. The smallest absolute Gasteiger partial charge is 0.343 e. The van der Waals surface area contributed by atoms with Crippen LogP contribution in [-0.2, 0) is 37.6 Å². The number of amides is 2. The molecular formula is C47H60ClN5O8S2. The number of aryl methyl sites for hydroxylation is 1. The Bertz CT molecular complexity index is 2420. The van der Waals surface area contributed by atoms with Crippen LogP contribution in [0.4, 0.5) is 10.5 Å². The van der Waals surface area contributed by atoms with Crippen molar-refractivity contribution in [3.8, 4) is 5.75 Å². The third kappa shape index (κ3) is 9.69. The molecule has 13 nitrogen and oxygen atoms in total. The second-order valence-electron chi connectivity index (χ2n) is 18.1. The van der Waals surface area contributed by atoms with Crippen molar-refractivity contribution in [2.45, 2.75) is 80.8 Å². The van der Waals surface area contributed by atoms with Crippen LogP contribution in [0, 0.1) is 17.8 Å². The zero-order chi connectivity index (χ0) is 44.5. The first-order valence-electron chi connectivity index (χ1n) is 22.3. The predicted molar refractivity (Wildman–Crippen MR) is 244 cm³/mol. The minimum Gasteiger partial charge on any atom is -0.487 e. The lowest BCUT2D eigenvalue weighted by Crippen LogP contribution is -2.65. The summed E-state index contributed by atoms with van der Waals surface area (Å²) in [6.07, 6.45) is 9.22. The number of halogens is 1. The van der Waals surface area contributed by atoms with Crippen LogP contribution in [0.5, 0.6) is 5.75 Å². The Morgan fingerprint density at radius 1 is 0.937 bits per heavy atom. The molecular weight excluding hydrogens is 862 g/mol. The van der Waals surface area contributed by atoms with E-state index in [0.717, 1.165) is 62.0 Å². The van der Waals surface area contributed by atoms with Gasteiger partial charge in [-0.3, -0.25) is 19.4 Å². The highest BCUT2D eigenvalue weighted by atomic mass is 35.5. The summed E-state index contributed by atoms with van der Waals surface area (Å²) in [6.45, 7) is 9.22. The number of carbonyl (C=O) groups is 2. The second kappa shape index (κ2) is 18.9. The summed E-state index contributed by atoms with van der Waals surface area (Å²) in [5, 5.41) is -1.04. The second-order valence-corrected chi connectivity index (χ2v) is 22.4. The Balaban J connectivity index is 1.09. The third-order valence-corrected chi connectivity index (χ3v) is 18.1. The summed E-state index contributed by atoms with van der Waals surface area (Å²) >= 11 is 6.43. The lowest BCUT2D eigenvalue weighted by Gasteiger charge is -2.53. The quantitative estimate of drug-likeness (QED) is 0.290. The molecule has 2 saturated heterocycles. The maximum absolute atomic E-state index is 13.7. The molecule has 2 bridgehead atoms. The van der Waals surface area contributed by atoms with Gasteiger partial charge in [-0.2, -0.15) is 0 Å². The van der Waals surface area contributed by atoms with E-state index in [1.807, 2.05) is 25.1 Å². The predicted octanol–water partition coefficient (Wildman–Crippen LogP) is 6.41. The van der Waals surface area contributed by atoms with Crippen LogP contribution >= 0.6 is 11.6 Å². The van der Waals surface area contributed by atoms with Gasteiger partial charge < -0.3 is 19.3 Å². The monoisotopic (exact) mass is 921 g/mol. The molecule has 16 heteroatoms. The van der Waals surface area contributed by atoms with Crippen molar-refractivity contribution >= 4 is 48.3 Å². The van der Waals surface area contributed by atoms with Crippen LogP contribution in [0.3, 0.4) is 0 Å². The van der Waals surface area contributed by atoms with Crippen molar-refractivity contribution in [1.82, 2.24) is 19.4 Å². The number of sulfone groups is 1. The van der Waals surface area contributed by atoms with Crippen molar-refractivity contribution in [3.05, 3.63) is 101 Å². The highest BCUT2D eigenvalue weighted by Gasteiger charge is 2.49.